The monoisotopic (exact) mass is 420 g/mol. The van der Waals surface area contributed by atoms with Gasteiger partial charge in [0, 0.05) is 30.1 Å². The van der Waals surface area contributed by atoms with Crippen molar-refractivity contribution in [1.29, 1.82) is 0 Å². The molecule has 0 saturated carbocycles. The minimum atomic E-state index is -1.00. The van der Waals surface area contributed by atoms with Crippen LogP contribution in [0.15, 0.2) is 64.9 Å². The van der Waals surface area contributed by atoms with Crippen molar-refractivity contribution in [2.75, 3.05) is 6.26 Å². The molecule has 1 N–H and O–H groups in total. The maximum atomic E-state index is 12.8. The number of nitrogens with zero attached hydrogens (tertiary/aromatic N) is 4. The lowest BCUT2D eigenvalue weighted by atomic mass is 9.98. The molecule has 1 aliphatic heterocycles. The third kappa shape index (κ3) is 4.18. The van der Waals surface area contributed by atoms with Gasteiger partial charge < -0.3 is 5.11 Å². The topological polar surface area (TPSA) is 95.8 Å². The van der Waals surface area contributed by atoms with Gasteiger partial charge in [-0.1, -0.05) is 18.2 Å². The predicted octanol–water partition coefficient (Wildman–Crippen LogP) is 3.89. The van der Waals surface area contributed by atoms with Gasteiger partial charge in [-0.3, -0.25) is 19.6 Å². The van der Waals surface area contributed by atoms with Gasteiger partial charge in [0.2, 0.25) is 5.91 Å². The average molecular weight is 420 g/mol. The van der Waals surface area contributed by atoms with E-state index >= 15 is 0 Å². The second-order valence-electron chi connectivity index (χ2n) is 6.93. The highest BCUT2D eigenvalue weighted by molar-refractivity contribution is 7.98. The highest BCUT2D eigenvalue weighted by atomic mass is 32.2. The molecule has 0 fully saturated rings. The minimum Gasteiger partial charge on any atom is -0.481 e. The van der Waals surface area contributed by atoms with Crippen molar-refractivity contribution in [3.05, 3.63) is 66.0 Å². The van der Waals surface area contributed by atoms with E-state index in [1.54, 1.807) is 24.2 Å². The van der Waals surface area contributed by atoms with Crippen LogP contribution in [0.3, 0.4) is 0 Å². The number of hydrogen-bond acceptors (Lipinski definition) is 6. The number of fused-ring (bicyclic) bond motifs is 1. The highest BCUT2D eigenvalue weighted by Crippen LogP contribution is 2.34. The van der Waals surface area contributed by atoms with Gasteiger partial charge >= 0.3 is 5.97 Å². The van der Waals surface area contributed by atoms with Crippen LogP contribution >= 0.6 is 11.8 Å². The van der Waals surface area contributed by atoms with Crippen LogP contribution in [0.2, 0.25) is 0 Å². The Labute approximate surface area is 177 Å². The Morgan fingerprint density at radius 1 is 1.07 bits per heavy atom. The molecule has 8 heteroatoms. The van der Waals surface area contributed by atoms with Crippen LogP contribution < -0.4 is 0 Å². The lowest BCUT2D eigenvalue weighted by Crippen LogP contribution is -2.27. The Kier molecular flexibility index (Phi) is 5.76. The normalized spacial score (nSPS) is 16.0. The third-order valence-corrected chi connectivity index (χ3v) is 5.76. The molecule has 0 unspecified atom stereocenters. The second kappa shape index (κ2) is 8.62. The summed E-state index contributed by atoms with van der Waals surface area (Å²) in [5, 5.41) is 15.0. The molecular formula is C22H20N4O3S. The molecule has 3 aromatic rings. The Bertz CT molecular complexity index is 1130. The molecule has 0 radical (unpaired) electrons. The van der Waals surface area contributed by atoms with Gasteiger partial charge in [-0.25, -0.2) is 5.01 Å². The van der Waals surface area contributed by atoms with E-state index in [0.29, 0.717) is 6.42 Å². The van der Waals surface area contributed by atoms with E-state index < -0.39 is 5.97 Å². The average Bonchev–Trinajstić information content (AvgIpc) is 3.23. The highest BCUT2D eigenvalue weighted by Gasteiger charge is 2.33. The van der Waals surface area contributed by atoms with Gasteiger partial charge in [0.25, 0.3) is 0 Å². The first-order valence-electron chi connectivity index (χ1n) is 9.51. The number of carboxylic acid groups (broad SMARTS) is 1. The van der Waals surface area contributed by atoms with Crippen molar-refractivity contribution < 1.29 is 14.7 Å². The van der Waals surface area contributed by atoms with Crippen LogP contribution in [-0.4, -0.2) is 43.9 Å². The molecule has 2 aromatic carbocycles. The molecule has 1 aromatic heterocycles. The lowest BCUT2D eigenvalue weighted by molar-refractivity contribution is -0.141. The minimum absolute atomic E-state index is 0.0958. The summed E-state index contributed by atoms with van der Waals surface area (Å²) >= 11 is 1.66. The Hall–Kier alpha value is -3.26. The van der Waals surface area contributed by atoms with E-state index in [9.17, 15) is 9.59 Å². The quantitative estimate of drug-likeness (QED) is 0.608. The summed E-state index contributed by atoms with van der Waals surface area (Å²) in [4.78, 5) is 33.5. The van der Waals surface area contributed by atoms with Crippen LogP contribution in [0.5, 0.6) is 0 Å². The SMILES string of the molecule is CSc1ccc(C2=NN(C(=O)CCC(=O)O)[C@@H](c3ccc4nccnc4c3)C2)cc1. The van der Waals surface area contributed by atoms with Gasteiger partial charge in [-0.15, -0.1) is 11.8 Å². The van der Waals surface area contributed by atoms with Gasteiger partial charge in [0.05, 0.1) is 29.2 Å². The molecule has 2 heterocycles. The summed E-state index contributed by atoms with van der Waals surface area (Å²) in [5.41, 5.74) is 4.16. The van der Waals surface area contributed by atoms with Crippen LogP contribution in [0, 0.1) is 0 Å². The zero-order valence-corrected chi connectivity index (χ0v) is 17.2. The number of rotatable bonds is 6. The molecule has 30 heavy (non-hydrogen) atoms. The number of carboxylic acids is 1. The molecule has 7 nitrogen and oxygen atoms in total. The largest absolute Gasteiger partial charge is 0.481 e. The van der Waals surface area contributed by atoms with Crippen LogP contribution in [0.25, 0.3) is 11.0 Å². The van der Waals surface area contributed by atoms with Gasteiger partial charge in [0.1, 0.15) is 0 Å². The number of aliphatic carboxylic acids is 1. The maximum Gasteiger partial charge on any atom is 0.303 e. The summed E-state index contributed by atoms with van der Waals surface area (Å²) < 4.78 is 0. The first-order chi connectivity index (χ1) is 14.5. The number of carbonyl (C=O) groups is 2. The van der Waals surface area contributed by atoms with Crippen molar-refractivity contribution in [2.45, 2.75) is 30.2 Å². The van der Waals surface area contributed by atoms with Crippen molar-refractivity contribution in [3.63, 3.8) is 0 Å². The Morgan fingerprint density at radius 2 is 1.80 bits per heavy atom. The van der Waals surface area contributed by atoms with Crippen molar-refractivity contribution in [2.24, 2.45) is 5.10 Å². The number of hydrogen-bond donors (Lipinski definition) is 1. The summed E-state index contributed by atoms with van der Waals surface area (Å²) in [7, 11) is 0. The van der Waals surface area contributed by atoms with E-state index in [4.69, 9.17) is 5.11 Å². The molecular weight excluding hydrogens is 400 g/mol. The molecule has 0 bridgehead atoms. The van der Waals surface area contributed by atoms with Crippen molar-refractivity contribution >= 4 is 40.4 Å². The number of thioether (sulfide) groups is 1. The van der Waals surface area contributed by atoms with Crippen LogP contribution in [0.1, 0.15) is 36.4 Å². The molecule has 1 aliphatic rings. The van der Waals surface area contributed by atoms with E-state index in [2.05, 4.69) is 15.1 Å². The number of carbonyl (C=O) groups excluding carboxylic acids is 1. The number of aromatic nitrogens is 2. The zero-order chi connectivity index (χ0) is 21.1. The second-order valence-corrected chi connectivity index (χ2v) is 7.81. The smallest absolute Gasteiger partial charge is 0.303 e. The summed E-state index contributed by atoms with van der Waals surface area (Å²) in [6, 6.07) is 13.5. The Balaban J connectivity index is 1.67. The fourth-order valence-electron chi connectivity index (χ4n) is 3.47. The fraction of sp³-hybridized carbons (Fsp3) is 0.227. The summed E-state index contributed by atoms with van der Waals surface area (Å²) in [6.07, 6.45) is 5.51. The van der Waals surface area contributed by atoms with Gasteiger partial charge in [-0.05, 0) is 41.6 Å². The standard InChI is InChI=1S/C22H20N4O3S/c1-30-16-5-2-14(3-6-16)18-13-20(26(25-18)21(27)8-9-22(28)29)15-4-7-17-19(12-15)24-11-10-23-17/h2-7,10-12,20H,8-9,13H2,1H3,(H,28,29)/t20-/m1/s1. The lowest BCUT2D eigenvalue weighted by Gasteiger charge is -2.22. The van der Waals surface area contributed by atoms with Crippen LogP contribution in [0.4, 0.5) is 0 Å². The third-order valence-electron chi connectivity index (χ3n) is 5.02. The van der Waals surface area contributed by atoms with E-state index in [1.807, 2.05) is 48.7 Å². The predicted molar refractivity (Wildman–Crippen MR) is 115 cm³/mol. The number of amides is 1. The van der Waals surface area contributed by atoms with Crippen molar-refractivity contribution in [1.82, 2.24) is 15.0 Å². The van der Waals surface area contributed by atoms with Gasteiger partial charge in [-0.2, -0.15) is 5.10 Å². The van der Waals surface area contributed by atoms with E-state index in [0.717, 1.165) is 32.8 Å². The first-order valence-corrected chi connectivity index (χ1v) is 10.7. The molecule has 1 amide bonds. The molecule has 0 aliphatic carbocycles. The van der Waals surface area contributed by atoms with E-state index in [1.165, 1.54) is 5.01 Å². The summed E-state index contributed by atoms with van der Waals surface area (Å²) in [6.45, 7) is 0. The van der Waals surface area contributed by atoms with Crippen molar-refractivity contribution in [3.8, 4) is 0 Å². The molecule has 152 valence electrons. The zero-order valence-electron chi connectivity index (χ0n) is 16.4. The summed E-state index contributed by atoms with van der Waals surface area (Å²) in [5.74, 6) is -1.31. The molecule has 0 saturated heterocycles. The van der Waals surface area contributed by atoms with Crippen LogP contribution in [-0.2, 0) is 9.59 Å². The number of benzene rings is 2. The molecule has 1 atom stereocenters. The maximum absolute atomic E-state index is 12.8. The first kappa shape index (κ1) is 20.0. The van der Waals surface area contributed by atoms with E-state index in [-0.39, 0.29) is 24.8 Å². The molecule has 4 rings (SSSR count). The molecule has 0 spiro atoms. The van der Waals surface area contributed by atoms with Gasteiger partial charge in [0.15, 0.2) is 0 Å². The fourth-order valence-corrected chi connectivity index (χ4v) is 3.88. The Morgan fingerprint density at radius 3 is 2.50 bits per heavy atom. The number of hydrazone groups is 1.